The van der Waals surface area contributed by atoms with E-state index in [1.54, 1.807) is 39.9 Å². The fourth-order valence-corrected chi connectivity index (χ4v) is 5.88. The second-order valence-electron chi connectivity index (χ2n) is 6.89. The first kappa shape index (κ1) is 18.4. The van der Waals surface area contributed by atoms with Gasteiger partial charge in [0.1, 0.15) is 6.10 Å². The van der Waals surface area contributed by atoms with Crippen molar-refractivity contribution >= 4 is 31.6 Å². The van der Waals surface area contributed by atoms with Gasteiger partial charge >= 0.3 is 0 Å². The minimum absolute atomic E-state index is 0.00611. The van der Waals surface area contributed by atoms with Gasteiger partial charge in [-0.05, 0) is 49.9 Å². The summed E-state index contributed by atoms with van der Waals surface area (Å²) >= 11 is 1.57. The lowest BCUT2D eigenvalue weighted by Crippen LogP contribution is -2.41. The van der Waals surface area contributed by atoms with Gasteiger partial charge in [0.05, 0.1) is 15.1 Å². The van der Waals surface area contributed by atoms with Gasteiger partial charge in [-0.2, -0.15) is 4.31 Å². The summed E-state index contributed by atoms with van der Waals surface area (Å²) in [5.74, 6) is 0. The normalized spacial score (nSPS) is 16.7. The maximum absolute atomic E-state index is 12.7. The smallest absolute Gasteiger partial charge is 0.274 e. The fourth-order valence-electron chi connectivity index (χ4n) is 3.36. The number of benzene rings is 2. The van der Waals surface area contributed by atoms with Gasteiger partial charge in [-0.3, -0.25) is 0 Å². The first-order chi connectivity index (χ1) is 12.9. The van der Waals surface area contributed by atoms with E-state index in [-0.39, 0.29) is 6.10 Å². The van der Waals surface area contributed by atoms with Crippen molar-refractivity contribution in [1.29, 1.82) is 0 Å². The highest BCUT2D eigenvalue weighted by molar-refractivity contribution is 7.89. The molecule has 27 heavy (non-hydrogen) atoms. The molecule has 5 nitrogen and oxygen atoms in total. The number of piperidine rings is 1. The molecule has 2 heterocycles. The molecule has 0 amide bonds. The quantitative estimate of drug-likeness (QED) is 0.658. The van der Waals surface area contributed by atoms with Crippen molar-refractivity contribution in [2.75, 3.05) is 13.1 Å². The van der Waals surface area contributed by atoms with Crippen LogP contribution in [0.5, 0.6) is 5.19 Å². The van der Waals surface area contributed by atoms with E-state index < -0.39 is 10.0 Å². The molecule has 1 aromatic heterocycles. The highest BCUT2D eigenvalue weighted by Crippen LogP contribution is 2.34. The molecule has 4 rings (SSSR count). The number of hydrogen-bond donors (Lipinski definition) is 0. The van der Waals surface area contributed by atoms with Gasteiger partial charge in [0.2, 0.25) is 10.0 Å². The van der Waals surface area contributed by atoms with E-state index in [0.29, 0.717) is 36.0 Å². The van der Waals surface area contributed by atoms with Crippen LogP contribution in [-0.4, -0.2) is 36.9 Å². The Morgan fingerprint density at radius 1 is 1.04 bits per heavy atom. The van der Waals surface area contributed by atoms with Gasteiger partial charge in [0, 0.05) is 13.1 Å². The Morgan fingerprint density at radius 2 is 1.70 bits per heavy atom. The lowest BCUT2D eigenvalue weighted by Gasteiger charge is -2.30. The Balaban J connectivity index is 1.44. The van der Waals surface area contributed by atoms with E-state index in [1.165, 1.54) is 5.56 Å². The van der Waals surface area contributed by atoms with Gasteiger partial charge in [0.25, 0.3) is 5.19 Å². The second kappa shape index (κ2) is 7.22. The lowest BCUT2D eigenvalue weighted by atomic mass is 10.1. The number of sulfonamides is 1. The van der Waals surface area contributed by atoms with Crippen molar-refractivity contribution in [2.24, 2.45) is 0 Å². The highest BCUT2D eigenvalue weighted by atomic mass is 32.2. The number of rotatable bonds is 4. The molecule has 0 spiro atoms. The predicted octanol–water partition coefficient (Wildman–Crippen LogP) is 4.15. The van der Waals surface area contributed by atoms with Gasteiger partial charge < -0.3 is 4.74 Å². The summed E-state index contributed by atoms with van der Waals surface area (Å²) in [5, 5.41) is 0.673. The van der Waals surface area contributed by atoms with Crippen LogP contribution in [0.1, 0.15) is 24.0 Å². The SMILES string of the molecule is Cc1ccc(C)c2sc(OC3CCN(S(=O)(=O)c4ccccc4)CC3)nc12. The molecule has 3 aromatic rings. The van der Waals surface area contributed by atoms with Crippen LogP contribution in [0, 0.1) is 13.8 Å². The van der Waals surface area contributed by atoms with Crippen LogP contribution in [0.4, 0.5) is 0 Å². The van der Waals surface area contributed by atoms with Crippen LogP contribution in [0.3, 0.4) is 0 Å². The Kier molecular flexibility index (Phi) is 4.92. The van der Waals surface area contributed by atoms with Crippen molar-refractivity contribution in [1.82, 2.24) is 9.29 Å². The lowest BCUT2D eigenvalue weighted by molar-refractivity contribution is 0.135. The van der Waals surface area contributed by atoms with Crippen LogP contribution in [0.25, 0.3) is 10.2 Å². The third-order valence-electron chi connectivity index (χ3n) is 4.97. The van der Waals surface area contributed by atoms with E-state index in [2.05, 4.69) is 31.0 Å². The summed E-state index contributed by atoms with van der Waals surface area (Å²) in [6.07, 6.45) is 1.33. The molecular weight excluding hydrogens is 380 g/mol. The summed E-state index contributed by atoms with van der Waals surface area (Å²) in [7, 11) is -3.43. The molecule has 0 radical (unpaired) electrons. The molecule has 0 aliphatic carbocycles. The zero-order valence-corrected chi connectivity index (χ0v) is 17.0. The Bertz CT molecular complexity index is 1010. The third kappa shape index (κ3) is 3.59. The number of fused-ring (bicyclic) bond motifs is 1. The molecule has 0 N–H and O–H groups in total. The van der Waals surface area contributed by atoms with Crippen molar-refractivity contribution < 1.29 is 13.2 Å². The maximum atomic E-state index is 12.7. The number of nitrogens with zero attached hydrogens (tertiary/aromatic N) is 2. The molecule has 1 fully saturated rings. The van der Waals surface area contributed by atoms with Crippen LogP contribution in [-0.2, 0) is 10.0 Å². The monoisotopic (exact) mass is 402 g/mol. The number of ether oxygens (including phenoxy) is 1. The van der Waals surface area contributed by atoms with Gasteiger partial charge in [-0.15, -0.1) is 0 Å². The van der Waals surface area contributed by atoms with E-state index in [9.17, 15) is 8.42 Å². The zero-order valence-electron chi connectivity index (χ0n) is 15.4. The van der Waals surface area contributed by atoms with Crippen molar-refractivity contribution in [3.8, 4) is 5.19 Å². The van der Waals surface area contributed by atoms with E-state index >= 15 is 0 Å². The minimum atomic E-state index is -3.43. The number of aryl methyl sites for hydroxylation is 2. The molecule has 0 unspecified atom stereocenters. The first-order valence-corrected chi connectivity index (χ1v) is 11.3. The molecule has 2 aromatic carbocycles. The Morgan fingerprint density at radius 3 is 2.37 bits per heavy atom. The molecular formula is C20H22N2O3S2. The van der Waals surface area contributed by atoms with Crippen molar-refractivity contribution in [3.63, 3.8) is 0 Å². The Labute approximate surface area is 163 Å². The molecule has 0 atom stereocenters. The summed E-state index contributed by atoms with van der Waals surface area (Å²) < 4.78 is 34.3. The summed E-state index contributed by atoms with van der Waals surface area (Å²) in [6, 6.07) is 12.8. The zero-order chi connectivity index (χ0) is 19.0. The van der Waals surface area contributed by atoms with E-state index in [0.717, 1.165) is 15.8 Å². The summed E-state index contributed by atoms with van der Waals surface area (Å²) in [6.45, 7) is 5.06. The first-order valence-electron chi connectivity index (χ1n) is 9.04. The van der Waals surface area contributed by atoms with Gasteiger partial charge in [0.15, 0.2) is 0 Å². The van der Waals surface area contributed by atoms with E-state index in [4.69, 9.17) is 4.74 Å². The molecule has 1 aliphatic heterocycles. The van der Waals surface area contributed by atoms with Crippen LogP contribution in [0.2, 0.25) is 0 Å². The number of aromatic nitrogens is 1. The van der Waals surface area contributed by atoms with Gasteiger partial charge in [-0.1, -0.05) is 41.7 Å². The van der Waals surface area contributed by atoms with Crippen molar-refractivity contribution in [3.05, 3.63) is 53.6 Å². The van der Waals surface area contributed by atoms with Crippen molar-refractivity contribution in [2.45, 2.75) is 37.7 Å². The van der Waals surface area contributed by atoms with Crippen LogP contribution < -0.4 is 4.74 Å². The molecule has 0 saturated carbocycles. The highest BCUT2D eigenvalue weighted by Gasteiger charge is 2.30. The van der Waals surface area contributed by atoms with Gasteiger partial charge in [-0.25, -0.2) is 13.4 Å². The number of hydrogen-bond acceptors (Lipinski definition) is 5. The average Bonchev–Trinajstić information content (AvgIpc) is 3.11. The molecule has 1 aliphatic rings. The Hall–Kier alpha value is -1.96. The topological polar surface area (TPSA) is 59.5 Å². The largest absolute Gasteiger partial charge is 0.467 e. The van der Waals surface area contributed by atoms with Crippen LogP contribution >= 0.6 is 11.3 Å². The minimum Gasteiger partial charge on any atom is -0.467 e. The second-order valence-corrected chi connectivity index (χ2v) is 9.79. The molecule has 1 saturated heterocycles. The molecule has 7 heteroatoms. The summed E-state index contributed by atoms with van der Waals surface area (Å²) in [4.78, 5) is 5.00. The maximum Gasteiger partial charge on any atom is 0.274 e. The molecule has 142 valence electrons. The fraction of sp³-hybridized carbons (Fsp3) is 0.350. The predicted molar refractivity (Wildman–Crippen MR) is 108 cm³/mol. The number of thiazole rings is 1. The summed E-state index contributed by atoms with van der Waals surface area (Å²) in [5.41, 5.74) is 3.34. The third-order valence-corrected chi connectivity index (χ3v) is 7.97. The average molecular weight is 403 g/mol. The molecule has 0 bridgehead atoms. The standard InChI is InChI=1S/C20H22N2O3S2/c1-14-8-9-15(2)19-18(14)21-20(26-19)25-16-10-12-22(13-11-16)27(23,24)17-6-4-3-5-7-17/h3-9,16H,10-13H2,1-2H3. The van der Waals surface area contributed by atoms with Crippen LogP contribution in [0.15, 0.2) is 47.4 Å². The van der Waals surface area contributed by atoms with E-state index in [1.807, 2.05) is 6.07 Å².